The number of aromatic nitrogens is 4. The summed E-state index contributed by atoms with van der Waals surface area (Å²) >= 11 is 1.35. The molecule has 7 heteroatoms. The van der Waals surface area contributed by atoms with Gasteiger partial charge in [-0.25, -0.2) is 0 Å². The lowest BCUT2D eigenvalue weighted by Gasteiger charge is -2.22. The highest BCUT2D eigenvalue weighted by Crippen LogP contribution is 2.25. The van der Waals surface area contributed by atoms with E-state index in [-0.39, 0.29) is 16.7 Å². The molecule has 0 unspecified atom stereocenters. The average molecular weight is 333 g/mol. The Bertz CT molecular complexity index is 705. The molecule has 23 heavy (non-hydrogen) atoms. The number of hydrogen-bond donors (Lipinski definition) is 1. The molecule has 2 rings (SSSR count). The topological polar surface area (TPSA) is 72.7 Å². The van der Waals surface area contributed by atoms with E-state index in [1.807, 2.05) is 53.7 Å². The molecule has 1 atom stereocenters. The smallest absolute Gasteiger partial charge is 0.233 e. The van der Waals surface area contributed by atoms with Crippen LogP contribution in [0.15, 0.2) is 23.4 Å². The Hall–Kier alpha value is -1.89. The lowest BCUT2D eigenvalue weighted by Crippen LogP contribution is -2.44. The van der Waals surface area contributed by atoms with E-state index < -0.39 is 0 Å². The molecule has 0 saturated carbocycles. The van der Waals surface area contributed by atoms with Crippen LogP contribution in [0.25, 0.3) is 5.69 Å². The van der Waals surface area contributed by atoms with Gasteiger partial charge in [-0.1, -0.05) is 29.5 Å². The summed E-state index contributed by atoms with van der Waals surface area (Å²) < 4.78 is 1.68. The number of tetrazole rings is 1. The van der Waals surface area contributed by atoms with Crippen molar-refractivity contribution >= 4 is 17.7 Å². The minimum atomic E-state index is -0.287. The number of nitrogens with one attached hydrogen (secondary N) is 1. The van der Waals surface area contributed by atoms with E-state index in [2.05, 4.69) is 26.9 Å². The molecule has 1 amide bonds. The number of thioether (sulfide) groups is 1. The molecule has 0 saturated heterocycles. The second-order valence-corrected chi connectivity index (χ2v) is 7.97. The van der Waals surface area contributed by atoms with E-state index in [0.29, 0.717) is 5.16 Å². The number of aryl methyl sites for hydroxylation is 2. The van der Waals surface area contributed by atoms with E-state index in [9.17, 15) is 4.79 Å². The molecule has 1 heterocycles. The number of rotatable bonds is 4. The fourth-order valence-electron chi connectivity index (χ4n) is 2.13. The van der Waals surface area contributed by atoms with Crippen LogP contribution in [0, 0.1) is 13.8 Å². The third-order valence-electron chi connectivity index (χ3n) is 3.17. The summed E-state index contributed by atoms with van der Waals surface area (Å²) in [7, 11) is 0. The Morgan fingerprint density at radius 3 is 2.61 bits per heavy atom. The van der Waals surface area contributed by atoms with Gasteiger partial charge in [-0.15, -0.1) is 5.10 Å². The number of carbonyl (C=O) groups excluding carboxylic acids is 1. The number of amides is 1. The first kappa shape index (κ1) is 17.5. The van der Waals surface area contributed by atoms with Crippen molar-refractivity contribution < 1.29 is 4.79 Å². The molecule has 0 spiro atoms. The van der Waals surface area contributed by atoms with E-state index in [0.717, 1.165) is 11.3 Å². The second-order valence-electron chi connectivity index (χ2n) is 6.66. The van der Waals surface area contributed by atoms with E-state index in [4.69, 9.17) is 0 Å². The molecular weight excluding hydrogens is 310 g/mol. The van der Waals surface area contributed by atoms with Gasteiger partial charge in [0.05, 0.1) is 10.9 Å². The molecule has 0 aliphatic rings. The van der Waals surface area contributed by atoms with Gasteiger partial charge in [-0.05, 0) is 63.6 Å². The van der Waals surface area contributed by atoms with E-state index in [1.165, 1.54) is 17.3 Å². The molecule has 0 fully saturated rings. The highest BCUT2D eigenvalue weighted by molar-refractivity contribution is 8.00. The van der Waals surface area contributed by atoms with Crippen molar-refractivity contribution in [3.05, 3.63) is 29.3 Å². The number of hydrogen-bond acceptors (Lipinski definition) is 5. The van der Waals surface area contributed by atoms with Gasteiger partial charge in [0.2, 0.25) is 11.1 Å². The van der Waals surface area contributed by atoms with Gasteiger partial charge in [0.15, 0.2) is 0 Å². The molecular formula is C16H23N5OS. The van der Waals surface area contributed by atoms with Crippen molar-refractivity contribution in [3.8, 4) is 5.69 Å². The summed E-state index contributed by atoms with van der Waals surface area (Å²) in [5.41, 5.74) is 2.94. The van der Waals surface area contributed by atoms with Crippen LogP contribution in [0.4, 0.5) is 0 Å². The summed E-state index contributed by atoms with van der Waals surface area (Å²) in [4.78, 5) is 12.2. The summed E-state index contributed by atoms with van der Waals surface area (Å²) in [6, 6.07) is 6.10. The Labute approximate surface area is 141 Å². The van der Waals surface area contributed by atoms with Crippen molar-refractivity contribution in [2.24, 2.45) is 0 Å². The van der Waals surface area contributed by atoms with Gasteiger partial charge in [-0.3, -0.25) is 4.79 Å². The molecule has 0 bridgehead atoms. The number of carbonyl (C=O) groups is 1. The summed E-state index contributed by atoms with van der Waals surface area (Å²) in [6.07, 6.45) is 0. The first-order valence-corrected chi connectivity index (χ1v) is 8.40. The van der Waals surface area contributed by atoms with Crippen LogP contribution >= 0.6 is 11.8 Å². The minimum Gasteiger partial charge on any atom is -0.351 e. The molecule has 2 aromatic rings. The van der Waals surface area contributed by atoms with Crippen LogP contribution in [0.1, 0.15) is 38.8 Å². The van der Waals surface area contributed by atoms with Crippen molar-refractivity contribution in [2.75, 3.05) is 0 Å². The predicted octanol–water partition coefficient (Wildman–Crippen LogP) is 2.67. The summed E-state index contributed by atoms with van der Waals surface area (Å²) in [5, 5.41) is 15.2. The first-order chi connectivity index (χ1) is 10.7. The molecule has 0 radical (unpaired) electrons. The van der Waals surface area contributed by atoms with Crippen molar-refractivity contribution in [3.63, 3.8) is 0 Å². The maximum Gasteiger partial charge on any atom is 0.233 e. The zero-order valence-electron chi connectivity index (χ0n) is 14.4. The van der Waals surface area contributed by atoms with Crippen LogP contribution < -0.4 is 5.32 Å². The first-order valence-electron chi connectivity index (χ1n) is 7.52. The Kier molecular flexibility index (Phi) is 5.09. The van der Waals surface area contributed by atoms with Gasteiger partial charge in [-0.2, -0.15) is 4.68 Å². The minimum absolute atomic E-state index is 0.0299. The van der Waals surface area contributed by atoms with Crippen LogP contribution in [0.5, 0.6) is 0 Å². The average Bonchev–Trinajstić information content (AvgIpc) is 2.84. The van der Waals surface area contributed by atoms with Crippen LogP contribution in [0.3, 0.4) is 0 Å². The highest BCUT2D eigenvalue weighted by atomic mass is 32.2. The van der Waals surface area contributed by atoms with Gasteiger partial charge in [0.1, 0.15) is 0 Å². The Morgan fingerprint density at radius 2 is 2.00 bits per heavy atom. The summed E-state index contributed by atoms with van der Waals surface area (Å²) in [5.74, 6) is -0.0299. The summed E-state index contributed by atoms with van der Waals surface area (Å²) in [6.45, 7) is 11.8. The van der Waals surface area contributed by atoms with Gasteiger partial charge >= 0.3 is 0 Å². The van der Waals surface area contributed by atoms with Crippen molar-refractivity contribution in [1.82, 2.24) is 25.5 Å². The fraction of sp³-hybridized carbons (Fsp3) is 0.500. The molecule has 1 aromatic heterocycles. The molecule has 6 nitrogen and oxygen atoms in total. The third kappa shape index (κ3) is 4.54. The molecule has 0 aliphatic heterocycles. The predicted molar refractivity (Wildman–Crippen MR) is 91.8 cm³/mol. The normalized spacial score (nSPS) is 13.0. The monoisotopic (exact) mass is 333 g/mol. The number of benzene rings is 1. The molecule has 1 aromatic carbocycles. The lowest BCUT2D eigenvalue weighted by atomic mass is 10.1. The van der Waals surface area contributed by atoms with E-state index in [1.54, 1.807) is 4.68 Å². The Morgan fingerprint density at radius 1 is 1.30 bits per heavy atom. The SMILES string of the molecule is Cc1ccc(-n2nnnc2S[C@H](C)C(=O)NC(C)(C)C)c(C)c1. The zero-order chi connectivity index (χ0) is 17.2. The largest absolute Gasteiger partial charge is 0.351 e. The van der Waals surface area contributed by atoms with Gasteiger partial charge in [0, 0.05) is 5.54 Å². The van der Waals surface area contributed by atoms with Crippen LogP contribution in [-0.4, -0.2) is 36.9 Å². The quantitative estimate of drug-likeness (QED) is 0.871. The molecule has 1 N–H and O–H groups in total. The van der Waals surface area contributed by atoms with Gasteiger partial charge < -0.3 is 5.32 Å². The standard InChI is InChI=1S/C16H23N5OS/c1-10-7-8-13(11(2)9-10)21-15(18-19-20-21)23-12(3)14(22)17-16(4,5)6/h7-9,12H,1-6H3,(H,17,22)/t12-/m1/s1. The number of nitrogens with zero attached hydrogens (tertiary/aromatic N) is 4. The van der Waals surface area contributed by atoms with E-state index >= 15 is 0 Å². The van der Waals surface area contributed by atoms with Crippen molar-refractivity contribution in [2.45, 2.75) is 57.5 Å². The molecule has 0 aliphatic carbocycles. The highest BCUT2D eigenvalue weighted by Gasteiger charge is 2.23. The van der Waals surface area contributed by atoms with Gasteiger partial charge in [0.25, 0.3) is 0 Å². The van der Waals surface area contributed by atoms with Crippen LogP contribution in [0.2, 0.25) is 0 Å². The lowest BCUT2D eigenvalue weighted by molar-refractivity contribution is -0.121. The fourth-order valence-corrected chi connectivity index (χ4v) is 2.93. The maximum absolute atomic E-state index is 12.2. The maximum atomic E-state index is 12.2. The third-order valence-corrected chi connectivity index (χ3v) is 4.20. The molecule has 124 valence electrons. The zero-order valence-corrected chi connectivity index (χ0v) is 15.2. The van der Waals surface area contributed by atoms with Crippen LogP contribution in [-0.2, 0) is 4.79 Å². The van der Waals surface area contributed by atoms with Crippen molar-refractivity contribution in [1.29, 1.82) is 0 Å². The Balaban J connectivity index is 2.20. The second kappa shape index (κ2) is 6.70.